The third kappa shape index (κ3) is 12.0. The molecule has 4 rings (SSSR count). The maximum atomic E-state index is 14.5. The van der Waals surface area contributed by atoms with Gasteiger partial charge in [-0.3, -0.25) is 9.59 Å². The average Bonchev–Trinajstić information content (AvgIpc) is 3.26. The predicted octanol–water partition coefficient (Wildman–Crippen LogP) is 3.12. The summed E-state index contributed by atoms with van der Waals surface area (Å²) in [5.74, 6) is -4.86. The van der Waals surface area contributed by atoms with Crippen molar-refractivity contribution in [1.82, 2.24) is 4.90 Å². The molecule has 0 spiro atoms. The molecule has 18 heteroatoms. The highest BCUT2D eigenvalue weighted by molar-refractivity contribution is 5.83. The summed E-state index contributed by atoms with van der Waals surface area (Å²) in [6.07, 6.45) is -13.2. The summed E-state index contributed by atoms with van der Waals surface area (Å²) in [6.45, 7) is 22.6. The van der Waals surface area contributed by atoms with Gasteiger partial charge in [-0.25, -0.2) is 0 Å². The van der Waals surface area contributed by atoms with Crippen LogP contribution in [0.3, 0.4) is 0 Å². The molecule has 5 N–H and O–H groups in total. The minimum Gasteiger partial charge on any atom is -0.459 e. The molecule has 0 aliphatic carbocycles. The lowest BCUT2D eigenvalue weighted by molar-refractivity contribution is -0.352. The summed E-state index contributed by atoms with van der Waals surface area (Å²) < 4.78 is 63.9. The van der Waals surface area contributed by atoms with E-state index in [-0.39, 0.29) is 38.1 Å². The number of ether oxygens (including phenoxy) is 10. The first-order valence-corrected chi connectivity index (χ1v) is 24.1. The highest BCUT2D eigenvalue weighted by atomic mass is 16.7. The van der Waals surface area contributed by atoms with Crippen LogP contribution >= 0.6 is 0 Å². The van der Waals surface area contributed by atoms with Gasteiger partial charge in [-0.2, -0.15) is 0 Å². The van der Waals surface area contributed by atoms with Crippen LogP contribution < -0.4 is 0 Å². The van der Waals surface area contributed by atoms with E-state index in [9.17, 15) is 35.1 Å². The van der Waals surface area contributed by atoms with Gasteiger partial charge < -0.3 is 77.8 Å². The Morgan fingerprint density at radius 3 is 1.67 bits per heavy atom. The number of esters is 1. The molecule has 0 saturated carbocycles. The third-order valence-corrected chi connectivity index (χ3v) is 15.3. The van der Waals surface area contributed by atoms with Gasteiger partial charge >= 0.3 is 5.97 Å². The SMILES string of the molecule is CCCO[C@]1(C)C[C@H](C)C(=O)[C@H](C)[C@@H](O)[C@](C)(O)[C@@H](CC)OC(=O)[C@H](C)[C@@H](O[C@H]2C[C@@](C)(OC)[C@@H](O)[C@H](C)O2)[C@H](C)[C@H]1O[C@@H]1O[C@H](C)[C@@H](O[C@H]2C[C@@](C)(OC)[C@@H](O)[C@H](C)O2)[C@H](N(C)C)[C@H]1O. The van der Waals surface area contributed by atoms with Gasteiger partial charge in [0.2, 0.25) is 0 Å². The number of nitrogens with zero attached hydrogens (tertiary/aromatic N) is 1. The van der Waals surface area contributed by atoms with Crippen molar-refractivity contribution in [2.45, 2.75) is 237 Å². The molecule has 4 heterocycles. The monoisotopic (exact) mass is 950 g/mol. The molecule has 4 aliphatic rings. The Hall–Kier alpha value is -1.46. The summed E-state index contributed by atoms with van der Waals surface area (Å²) in [5.41, 5.74) is -5.42. The first-order chi connectivity index (χ1) is 30.6. The highest BCUT2D eigenvalue weighted by Gasteiger charge is 2.56. The average molecular weight is 950 g/mol. The van der Waals surface area contributed by atoms with E-state index in [1.54, 1.807) is 55.4 Å². The number of hydrogen-bond donors (Lipinski definition) is 5. The molecule has 23 atom stereocenters. The first kappa shape index (κ1) is 57.1. The predicted molar refractivity (Wildman–Crippen MR) is 241 cm³/mol. The molecular weight excluding hydrogens is 863 g/mol. The Morgan fingerprint density at radius 2 is 1.20 bits per heavy atom. The van der Waals surface area contributed by atoms with Gasteiger partial charge in [-0.1, -0.05) is 34.6 Å². The zero-order chi connectivity index (χ0) is 50.0. The van der Waals surface area contributed by atoms with Crippen LogP contribution in [0.1, 0.15) is 122 Å². The van der Waals surface area contributed by atoms with Crippen LogP contribution in [-0.2, 0) is 57.0 Å². The number of ketones is 1. The van der Waals surface area contributed by atoms with E-state index >= 15 is 0 Å². The molecule has 386 valence electrons. The zero-order valence-electron chi connectivity index (χ0n) is 42.8. The number of likely N-dealkylation sites (N-methyl/N-ethyl adjacent to an activating group) is 1. The van der Waals surface area contributed by atoms with Crippen LogP contribution in [0.25, 0.3) is 0 Å². The largest absolute Gasteiger partial charge is 0.459 e. The van der Waals surface area contributed by atoms with E-state index in [1.165, 1.54) is 21.1 Å². The normalized spacial score (nSPS) is 49.3. The molecule has 0 aromatic carbocycles. The molecule has 0 amide bonds. The van der Waals surface area contributed by atoms with E-state index in [0.29, 0.717) is 6.42 Å². The fourth-order valence-electron chi connectivity index (χ4n) is 10.9. The standard InChI is InChI=1S/C48H87NO17/c1-18-20-59-47(12)21-24(3)35(50)25(4)39(52)48(13,56)31(19-2)63-43(55)27(6)37(64-32-22-45(10,57-16)40(53)29(8)60-32)26(5)42(47)66-44-36(51)34(49(14)15)38(28(7)62-44)65-33-23-46(11,58-17)41(54)30(9)61-33/h24-34,36-42,44,51-54,56H,18-23H2,1-17H3/t24-,25-,26-,27+,28+,29-,30-,31+,32-,33-,34+,36+,37-,38+,39+,40-,41-,42+,44-,45+,46+,47+,48+/m0/s1. The van der Waals surface area contributed by atoms with Crippen molar-refractivity contribution >= 4 is 11.8 Å². The maximum Gasteiger partial charge on any atom is 0.311 e. The van der Waals surface area contributed by atoms with E-state index < -0.39 is 144 Å². The maximum absolute atomic E-state index is 14.5. The van der Waals surface area contributed by atoms with Crippen molar-refractivity contribution in [3.8, 4) is 0 Å². The lowest BCUT2D eigenvalue weighted by Gasteiger charge is -2.52. The van der Waals surface area contributed by atoms with Gasteiger partial charge in [-0.05, 0) is 88.7 Å². The molecule has 4 aliphatic heterocycles. The second-order valence-corrected chi connectivity index (χ2v) is 20.9. The Bertz CT molecular complexity index is 1570. The van der Waals surface area contributed by atoms with Crippen molar-refractivity contribution in [2.24, 2.45) is 23.7 Å². The number of hydrogen-bond acceptors (Lipinski definition) is 18. The molecule has 4 saturated heterocycles. The summed E-state index contributed by atoms with van der Waals surface area (Å²) in [4.78, 5) is 30.7. The van der Waals surface area contributed by atoms with Crippen LogP contribution in [0.2, 0.25) is 0 Å². The van der Waals surface area contributed by atoms with E-state index in [2.05, 4.69) is 0 Å². The second-order valence-electron chi connectivity index (χ2n) is 20.9. The number of carbonyl (C=O) groups excluding carboxylic acids is 2. The van der Waals surface area contributed by atoms with Crippen LogP contribution in [0.5, 0.6) is 0 Å². The molecular formula is C48H87NO17. The van der Waals surface area contributed by atoms with E-state index in [1.807, 2.05) is 46.7 Å². The number of aliphatic hydroxyl groups is 5. The summed E-state index contributed by atoms with van der Waals surface area (Å²) in [5, 5.41) is 57.9. The van der Waals surface area contributed by atoms with Gasteiger partial charge in [0.25, 0.3) is 0 Å². The van der Waals surface area contributed by atoms with Crippen molar-refractivity contribution in [1.29, 1.82) is 0 Å². The minimum absolute atomic E-state index is 0.0518. The lowest BCUT2D eigenvalue weighted by atomic mass is 9.73. The van der Waals surface area contributed by atoms with Gasteiger partial charge in [-0.15, -0.1) is 0 Å². The Kier molecular flexibility index (Phi) is 19.7. The molecule has 0 unspecified atom stereocenters. The van der Waals surface area contributed by atoms with Gasteiger partial charge in [0.1, 0.15) is 41.9 Å². The fraction of sp³-hybridized carbons (Fsp3) is 0.958. The molecule has 0 aromatic rings. The quantitative estimate of drug-likeness (QED) is 0.167. The number of carbonyl (C=O) groups is 2. The summed E-state index contributed by atoms with van der Waals surface area (Å²) >= 11 is 0. The molecule has 4 fully saturated rings. The van der Waals surface area contributed by atoms with Crippen LogP contribution in [0.15, 0.2) is 0 Å². The zero-order valence-corrected chi connectivity index (χ0v) is 42.8. The van der Waals surface area contributed by atoms with Gasteiger partial charge in [0, 0.05) is 51.4 Å². The molecule has 18 nitrogen and oxygen atoms in total. The topological polar surface area (TPSA) is 231 Å². The number of cyclic esters (lactones) is 1. The molecule has 66 heavy (non-hydrogen) atoms. The van der Waals surface area contributed by atoms with Crippen LogP contribution in [0.4, 0.5) is 0 Å². The minimum atomic E-state index is -2.02. The third-order valence-electron chi connectivity index (χ3n) is 15.3. The number of rotatable bonds is 13. The molecule has 0 bridgehead atoms. The first-order valence-electron chi connectivity index (χ1n) is 24.1. The Morgan fingerprint density at radius 1 is 0.682 bits per heavy atom. The van der Waals surface area contributed by atoms with Crippen molar-refractivity contribution in [3.63, 3.8) is 0 Å². The van der Waals surface area contributed by atoms with Crippen molar-refractivity contribution in [2.75, 3.05) is 34.9 Å². The van der Waals surface area contributed by atoms with Crippen LogP contribution in [0, 0.1) is 23.7 Å². The number of methoxy groups -OCH3 is 2. The van der Waals surface area contributed by atoms with Crippen molar-refractivity contribution < 1.29 is 82.5 Å². The van der Waals surface area contributed by atoms with E-state index in [4.69, 9.17) is 47.4 Å². The van der Waals surface area contributed by atoms with Crippen molar-refractivity contribution in [3.05, 3.63) is 0 Å². The van der Waals surface area contributed by atoms with E-state index in [0.717, 1.165) is 0 Å². The summed E-state index contributed by atoms with van der Waals surface area (Å²) in [7, 11) is 6.64. The number of Topliss-reactive ketones (excluding diaryl/α,β-unsaturated/α-hetero) is 1. The fourth-order valence-corrected chi connectivity index (χ4v) is 10.9. The Labute approximate surface area is 393 Å². The second kappa shape index (κ2) is 22.7. The Balaban J connectivity index is 1.87. The molecule has 0 aromatic heterocycles. The summed E-state index contributed by atoms with van der Waals surface area (Å²) in [6, 6.07) is -0.729. The lowest BCUT2D eigenvalue weighted by Crippen LogP contribution is -2.66. The van der Waals surface area contributed by atoms with Gasteiger partial charge in [0.15, 0.2) is 18.9 Å². The van der Waals surface area contributed by atoms with Crippen LogP contribution in [-0.4, -0.2) is 192 Å². The smallest absolute Gasteiger partial charge is 0.311 e. The molecule has 0 radical (unpaired) electrons. The number of aliphatic hydroxyl groups excluding tert-OH is 4. The highest BCUT2D eigenvalue weighted by Crippen LogP contribution is 2.43. The van der Waals surface area contributed by atoms with Gasteiger partial charge in [0.05, 0.1) is 65.4 Å².